The van der Waals surface area contributed by atoms with Gasteiger partial charge in [0, 0.05) is 12.6 Å². The number of nitrogens with one attached hydrogen (secondary N) is 2. The molecule has 0 saturated heterocycles. The van der Waals surface area contributed by atoms with Gasteiger partial charge in [-0.2, -0.15) is 13.2 Å². The highest BCUT2D eigenvalue weighted by atomic mass is 19.4. The van der Waals surface area contributed by atoms with Gasteiger partial charge in [-0.05, 0) is 42.5 Å². The van der Waals surface area contributed by atoms with Gasteiger partial charge in [0.25, 0.3) is 5.91 Å². The van der Waals surface area contributed by atoms with Crippen LogP contribution in [0, 0.1) is 5.82 Å². The van der Waals surface area contributed by atoms with Crippen LogP contribution in [0.2, 0.25) is 0 Å². The molecule has 9 heteroatoms. The lowest BCUT2D eigenvalue weighted by atomic mass is 10.1. The molecule has 2 N–H and O–H groups in total. The lowest BCUT2D eigenvalue weighted by Gasteiger charge is -2.20. The molecule has 0 aromatic heterocycles. The lowest BCUT2D eigenvalue weighted by molar-refractivity contribution is -0.137. The second-order valence-electron chi connectivity index (χ2n) is 5.95. The Labute approximate surface area is 157 Å². The number of amides is 2. The van der Waals surface area contributed by atoms with Gasteiger partial charge in [0.15, 0.2) is 0 Å². The molecule has 0 bridgehead atoms. The van der Waals surface area contributed by atoms with Gasteiger partial charge in [0.1, 0.15) is 17.3 Å². The maximum atomic E-state index is 13.0. The first-order valence-corrected chi connectivity index (χ1v) is 8.14. The molecule has 1 heterocycles. The standard InChI is InChI=1S/C19H14F4N2O3/c20-12-2-5-14(6-3-12)28-16-9-11(19(21,22)23)1-7-15(16)18(27)25-13-4-8-17(26)24-10-13/h1-9,13H,10H2,(H,24,26)(H,25,27). The highest BCUT2D eigenvalue weighted by Gasteiger charge is 2.32. The predicted molar refractivity (Wildman–Crippen MR) is 91.3 cm³/mol. The van der Waals surface area contributed by atoms with Crippen LogP contribution in [0.25, 0.3) is 0 Å². The second kappa shape index (κ2) is 7.71. The number of alkyl halides is 3. The van der Waals surface area contributed by atoms with E-state index in [1.807, 2.05) is 0 Å². The molecule has 2 aromatic rings. The van der Waals surface area contributed by atoms with Gasteiger partial charge in [0.05, 0.1) is 17.2 Å². The largest absolute Gasteiger partial charge is 0.457 e. The van der Waals surface area contributed by atoms with Gasteiger partial charge < -0.3 is 15.4 Å². The number of hydrogen-bond acceptors (Lipinski definition) is 3. The fraction of sp³-hybridized carbons (Fsp3) is 0.158. The summed E-state index contributed by atoms with van der Waals surface area (Å²) in [4.78, 5) is 23.7. The zero-order valence-electron chi connectivity index (χ0n) is 14.2. The number of benzene rings is 2. The number of carbonyl (C=O) groups excluding carboxylic acids is 2. The molecule has 0 fully saturated rings. The number of hydrogen-bond donors (Lipinski definition) is 2. The molecule has 0 aliphatic carbocycles. The van der Waals surface area contributed by atoms with E-state index in [9.17, 15) is 27.2 Å². The van der Waals surface area contributed by atoms with Gasteiger partial charge in [0.2, 0.25) is 5.91 Å². The minimum atomic E-state index is -4.63. The van der Waals surface area contributed by atoms with Crippen molar-refractivity contribution in [1.29, 1.82) is 0 Å². The smallest absolute Gasteiger partial charge is 0.416 e. The molecule has 0 radical (unpaired) electrons. The van der Waals surface area contributed by atoms with Crippen molar-refractivity contribution >= 4 is 11.8 Å². The van der Waals surface area contributed by atoms with Crippen LogP contribution >= 0.6 is 0 Å². The van der Waals surface area contributed by atoms with Crippen molar-refractivity contribution in [2.24, 2.45) is 0 Å². The fourth-order valence-corrected chi connectivity index (χ4v) is 2.49. The van der Waals surface area contributed by atoms with Crippen LogP contribution in [0.1, 0.15) is 15.9 Å². The Morgan fingerprint density at radius 1 is 1.14 bits per heavy atom. The third kappa shape index (κ3) is 4.67. The molecular formula is C19H14F4N2O3. The van der Waals surface area contributed by atoms with Crippen LogP contribution < -0.4 is 15.4 Å². The van der Waals surface area contributed by atoms with E-state index in [1.54, 1.807) is 0 Å². The average molecular weight is 394 g/mol. The van der Waals surface area contributed by atoms with E-state index in [1.165, 1.54) is 24.3 Å². The van der Waals surface area contributed by atoms with Crippen LogP contribution in [-0.2, 0) is 11.0 Å². The Bertz CT molecular complexity index is 924. The van der Waals surface area contributed by atoms with Crippen molar-refractivity contribution in [1.82, 2.24) is 10.6 Å². The van der Waals surface area contributed by atoms with E-state index in [0.717, 1.165) is 24.3 Å². The molecule has 5 nitrogen and oxygen atoms in total. The molecule has 28 heavy (non-hydrogen) atoms. The predicted octanol–water partition coefficient (Wildman–Crippen LogP) is 3.42. The van der Waals surface area contributed by atoms with Crippen molar-refractivity contribution in [3.05, 3.63) is 71.6 Å². The quantitative estimate of drug-likeness (QED) is 0.781. The lowest BCUT2D eigenvalue weighted by Crippen LogP contribution is -2.45. The van der Waals surface area contributed by atoms with Crippen LogP contribution in [0.15, 0.2) is 54.6 Å². The van der Waals surface area contributed by atoms with E-state index >= 15 is 0 Å². The summed E-state index contributed by atoms with van der Waals surface area (Å²) in [6, 6.07) is 6.58. The van der Waals surface area contributed by atoms with Crippen molar-refractivity contribution in [3.8, 4) is 11.5 Å². The Hall–Kier alpha value is -3.36. The van der Waals surface area contributed by atoms with Crippen molar-refractivity contribution < 1.29 is 31.9 Å². The molecule has 0 saturated carbocycles. The summed E-state index contributed by atoms with van der Waals surface area (Å²) in [6.45, 7) is 0.149. The summed E-state index contributed by atoms with van der Waals surface area (Å²) in [5.41, 5.74) is -1.13. The van der Waals surface area contributed by atoms with Gasteiger partial charge >= 0.3 is 6.18 Å². The molecular weight excluding hydrogens is 380 g/mol. The zero-order chi connectivity index (χ0) is 20.3. The first kappa shape index (κ1) is 19.4. The summed E-state index contributed by atoms with van der Waals surface area (Å²) < 4.78 is 57.6. The molecule has 2 amide bonds. The Kier molecular flexibility index (Phi) is 5.34. The molecule has 1 aliphatic rings. The summed E-state index contributed by atoms with van der Waals surface area (Å²) in [7, 11) is 0. The number of rotatable bonds is 4. The van der Waals surface area contributed by atoms with Gasteiger partial charge in [-0.25, -0.2) is 4.39 Å². The van der Waals surface area contributed by atoms with E-state index in [2.05, 4.69) is 10.6 Å². The highest BCUT2D eigenvalue weighted by Crippen LogP contribution is 2.35. The molecule has 1 aliphatic heterocycles. The normalized spacial score (nSPS) is 16.4. The fourth-order valence-electron chi connectivity index (χ4n) is 2.49. The Balaban J connectivity index is 1.90. The monoisotopic (exact) mass is 394 g/mol. The van der Waals surface area contributed by atoms with Crippen LogP contribution in [0.5, 0.6) is 11.5 Å². The minimum Gasteiger partial charge on any atom is -0.457 e. The molecule has 1 unspecified atom stereocenters. The second-order valence-corrected chi connectivity index (χ2v) is 5.95. The maximum absolute atomic E-state index is 13.0. The Morgan fingerprint density at radius 2 is 1.86 bits per heavy atom. The number of ether oxygens (including phenoxy) is 1. The maximum Gasteiger partial charge on any atom is 0.416 e. The van der Waals surface area contributed by atoms with Crippen LogP contribution in [0.4, 0.5) is 17.6 Å². The summed E-state index contributed by atoms with van der Waals surface area (Å²) >= 11 is 0. The number of carbonyl (C=O) groups is 2. The first-order valence-electron chi connectivity index (χ1n) is 8.14. The molecule has 2 aromatic carbocycles. The van der Waals surface area contributed by atoms with Gasteiger partial charge in [-0.3, -0.25) is 9.59 Å². The minimum absolute atomic E-state index is 0.0691. The van der Waals surface area contributed by atoms with Gasteiger partial charge in [-0.15, -0.1) is 0 Å². The molecule has 0 spiro atoms. The third-order valence-corrected chi connectivity index (χ3v) is 3.89. The highest BCUT2D eigenvalue weighted by molar-refractivity contribution is 5.98. The third-order valence-electron chi connectivity index (χ3n) is 3.89. The van der Waals surface area contributed by atoms with Gasteiger partial charge in [-0.1, -0.05) is 6.08 Å². The zero-order valence-corrected chi connectivity index (χ0v) is 14.2. The molecule has 146 valence electrons. The summed E-state index contributed by atoms with van der Waals surface area (Å²) in [6.07, 6.45) is -1.91. The Morgan fingerprint density at radius 3 is 2.46 bits per heavy atom. The van der Waals surface area contributed by atoms with Crippen LogP contribution in [0.3, 0.4) is 0 Å². The number of halogens is 4. The summed E-state index contributed by atoms with van der Waals surface area (Å²) in [5, 5.41) is 5.11. The van der Waals surface area contributed by atoms with E-state index in [0.29, 0.717) is 6.07 Å². The average Bonchev–Trinajstić information content (AvgIpc) is 2.64. The first-order chi connectivity index (χ1) is 13.2. The molecule has 3 rings (SSSR count). The van der Waals surface area contributed by atoms with E-state index < -0.39 is 29.5 Å². The molecule has 1 atom stereocenters. The van der Waals surface area contributed by atoms with Crippen molar-refractivity contribution in [2.75, 3.05) is 6.54 Å². The van der Waals surface area contributed by atoms with Crippen molar-refractivity contribution in [3.63, 3.8) is 0 Å². The van der Waals surface area contributed by atoms with E-state index in [-0.39, 0.29) is 29.5 Å². The SMILES string of the molecule is O=C1C=CC(NC(=O)c2ccc(C(F)(F)F)cc2Oc2ccc(F)cc2)CN1. The van der Waals surface area contributed by atoms with Crippen LogP contribution in [-0.4, -0.2) is 24.4 Å². The summed E-state index contributed by atoms with van der Waals surface area (Å²) in [5.74, 6) is -1.79. The topological polar surface area (TPSA) is 67.4 Å². The van der Waals surface area contributed by atoms with E-state index in [4.69, 9.17) is 4.74 Å². The van der Waals surface area contributed by atoms with Crippen molar-refractivity contribution in [2.45, 2.75) is 12.2 Å².